The third kappa shape index (κ3) is 4.74. The molecule has 2 heterocycles. The number of aromatic nitrogens is 1. The number of nitrogens with one attached hydrogen (secondary N) is 1. The van der Waals surface area contributed by atoms with Gasteiger partial charge in [0.1, 0.15) is 11.6 Å². The van der Waals surface area contributed by atoms with Gasteiger partial charge in [0.2, 0.25) is 5.91 Å². The maximum Gasteiger partial charge on any atom is 0.238 e. The van der Waals surface area contributed by atoms with Gasteiger partial charge >= 0.3 is 0 Å². The summed E-state index contributed by atoms with van der Waals surface area (Å²) < 4.78 is 6.29. The van der Waals surface area contributed by atoms with Gasteiger partial charge in [0.15, 0.2) is 0 Å². The molecule has 1 fully saturated rings. The van der Waals surface area contributed by atoms with E-state index in [1.54, 1.807) is 7.11 Å². The number of halogens is 1. The van der Waals surface area contributed by atoms with Crippen molar-refractivity contribution in [3.8, 4) is 5.75 Å². The van der Waals surface area contributed by atoms with Crippen LogP contribution >= 0.6 is 15.9 Å². The maximum atomic E-state index is 12.4. The Hall–Kier alpha value is -2.12. The zero-order valence-electron chi connectivity index (χ0n) is 15.0. The van der Waals surface area contributed by atoms with Crippen LogP contribution in [0.15, 0.2) is 41.0 Å². The van der Waals surface area contributed by atoms with E-state index in [1.807, 2.05) is 43.5 Å². The van der Waals surface area contributed by atoms with Crippen LogP contribution in [-0.4, -0.2) is 55.6 Å². The van der Waals surface area contributed by atoms with E-state index in [9.17, 15) is 4.79 Å². The average Bonchev–Trinajstić information content (AvgIpc) is 2.63. The largest absolute Gasteiger partial charge is 0.495 e. The summed E-state index contributed by atoms with van der Waals surface area (Å²) >= 11 is 3.41. The molecular weight excluding hydrogens is 396 g/mol. The van der Waals surface area contributed by atoms with Crippen LogP contribution < -0.4 is 15.0 Å². The molecule has 0 aliphatic carbocycles. The number of benzene rings is 1. The molecule has 1 aliphatic heterocycles. The Morgan fingerprint density at radius 1 is 1.23 bits per heavy atom. The number of methoxy groups -OCH3 is 1. The number of hydrogen-bond acceptors (Lipinski definition) is 5. The highest BCUT2D eigenvalue weighted by Gasteiger charge is 2.20. The fraction of sp³-hybridized carbons (Fsp3) is 0.368. The second-order valence-electron chi connectivity index (χ2n) is 6.35. The monoisotopic (exact) mass is 418 g/mol. The molecule has 7 heteroatoms. The van der Waals surface area contributed by atoms with Crippen LogP contribution in [0.25, 0.3) is 0 Å². The summed E-state index contributed by atoms with van der Waals surface area (Å²) in [4.78, 5) is 21.2. The fourth-order valence-electron chi connectivity index (χ4n) is 3.00. The number of anilines is 2. The zero-order chi connectivity index (χ0) is 18.5. The molecule has 1 aromatic heterocycles. The van der Waals surface area contributed by atoms with Gasteiger partial charge < -0.3 is 15.0 Å². The number of rotatable bonds is 5. The van der Waals surface area contributed by atoms with Crippen molar-refractivity contribution in [2.75, 3.05) is 50.1 Å². The molecule has 1 aliphatic rings. The first kappa shape index (κ1) is 18.7. The van der Waals surface area contributed by atoms with Gasteiger partial charge in [0.05, 0.1) is 19.3 Å². The molecular formula is C19H23BrN4O2. The minimum atomic E-state index is -0.0240. The standard InChI is InChI=1S/C19H23BrN4O2/c1-14-3-5-17(26-2)16(11-14)22-19(25)13-23-7-9-24(10-8-23)18-6-4-15(20)12-21-18/h3-6,11-12H,7-10,13H2,1-2H3,(H,22,25). The molecule has 1 aromatic carbocycles. The number of carbonyl (C=O) groups excluding carboxylic acids is 1. The average molecular weight is 419 g/mol. The summed E-state index contributed by atoms with van der Waals surface area (Å²) in [5.41, 5.74) is 1.80. The van der Waals surface area contributed by atoms with Crippen molar-refractivity contribution in [2.45, 2.75) is 6.92 Å². The second-order valence-corrected chi connectivity index (χ2v) is 7.27. The molecule has 2 aromatic rings. The van der Waals surface area contributed by atoms with Gasteiger partial charge in [-0.2, -0.15) is 0 Å². The van der Waals surface area contributed by atoms with E-state index in [1.165, 1.54) is 0 Å². The highest BCUT2D eigenvalue weighted by molar-refractivity contribution is 9.10. The van der Waals surface area contributed by atoms with Crippen LogP contribution in [0.1, 0.15) is 5.56 Å². The van der Waals surface area contributed by atoms with Crippen molar-refractivity contribution in [3.63, 3.8) is 0 Å². The van der Waals surface area contributed by atoms with E-state index in [2.05, 4.69) is 36.0 Å². The Balaban J connectivity index is 1.52. The van der Waals surface area contributed by atoms with E-state index in [-0.39, 0.29) is 5.91 Å². The van der Waals surface area contributed by atoms with Gasteiger partial charge in [-0.3, -0.25) is 9.69 Å². The van der Waals surface area contributed by atoms with Crippen molar-refractivity contribution in [1.29, 1.82) is 0 Å². The Bertz CT molecular complexity index is 759. The molecule has 1 saturated heterocycles. The van der Waals surface area contributed by atoms with Crippen LogP contribution in [0, 0.1) is 6.92 Å². The van der Waals surface area contributed by atoms with Crippen LogP contribution in [-0.2, 0) is 4.79 Å². The lowest BCUT2D eigenvalue weighted by molar-refractivity contribution is -0.117. The van der Waals surface area contributed by atoms with E-state index < -0.39 is 0 Å². The van der Waals surface area contributed by atoms with Crippen LogP contribution in [0.4, 0.5) is 11.5 Å². The van der Waals surface area contributed by atoms with Crippen molar-refractivity contribution in [2.24, 2.45) is 0 Å². The number of ether oxygens (including phenoxy) is 1. The van der Waals surface area contributed by atoms with Crippen molar-refractivity contribution in [3.05, 3.63) is 46.6 Å². The second kappa shape index (κ2) is 8.51. The number of nitrogens with zero attached hydrogens (tertiary/aromatic N) is 3. The van der Waals surface area contributed by atoms with Gasteiger partial charge in [-0.1, -0.05) is 6.07 Å². The molecule has 1 N–H and O–H groups in total. The number of hydrogen-bond donors (Lipinski definition) is 1. The predicted molar refractivity (Wildman–Crippen MR) is 107 cm³/mol. The molecule has 26 heavy (non-hydrogen) atoms. The van der Waals surface area contributed by atoms with Gasteiger partial charge in [0, 0.05) is 36.8 Å². The van der Waals surface area contributed by atoms with Crippen molar-refractivity contribution < 1.29 is 9.53 Å². The normalized spacial score (nSPS) is 15.0. The summed E-state index contributed by atoms with van der Waals surface area (Å²) in [6, 6.07) is 9.76. The Kier molecular flexibility index (Phi) is 6.11. The third-order valence-corrected chi connectivity index (χ3v) is 4.87. The van der Waals surface area contributed by atoms with E-state index in [0.29, 0.717) is 12.3 Å². The lowest BCUT2D eigenvalue weighted by Gasteiger charge is -2.35. The van der Waals surface area contributed by atoms with Crippen molar-refractivity contribution in [1.82, 2.24) is 9.88 Å². The van der Waals surface area contributed by atoms with Crippen LogP contribution in [0.3, 0.4) is 0 Å². The lowest BCUT2D eigenvalue weighted by atomic mass is 10.2. The summed E-state index contributed by atoms with van der Waals surface area (Å²) in [7, 11) is 1.61. The third-order valence-electron chi connectivity index (χ3n) is 4.40. The maximum absolute atomic E-state index is 12.4. The summed E-state index contributed by atoms with van der Waals surface area (Å²) in [5, 5.41) is 2.96. The fourth-order valence-corrected chi connectivity index (χ4v) is 3.24. The van der Waals surface area contributed by atoms with E-state index >= 15 is 0 Å². The van der Waals surface area contributed by atoms with E-state index in [0.717, 1.165) is 47.7 Å². The highest BCUT2D eigenvalue weighted by Crippen LogP contribution is 2.25. The smallest absolute Gasteiger partial charge is 0.238 e. The van der Waals surface area contributed by atoms with Crippen molar-refractivity contribution >= 4 is 33.3 Å². The van der Waals surface area contributed by atoms with Gasteiger partial charge in [-0.15, -0.1) is 0 Å². The minimum Gasteiger partial charge on any atom is -0.495 e. The Morgan fingerprint density at radius 2 is 2.00 bits per heavy atom. The lowest BCUT2D eigenvalue weighted by Crippen LogP contribution is -2.48. The molecule has 0 bridgehead atoms. The zero-order valence-corrected chi connectivity index (χ0v) is 16.6. The highest BCUT2D eigenvalue weighted by atomic mass is 79.9. The first-order chi connectivity index (χ1) is 12.5. The SMILES string of the molecule is COc1ccc(C)cc1NC(=O)CN1CCN(c2ccc(Br)cn2)CC1. The number of pyridine rings is 1. The van der Waals surface area contributed by atoms with Gasteiger partial charge in [-0.05, 0) is 52.7 Å². The number of piperazine rings is 1. The number of amides is 1. The molecule has 1 amide bonds. The Labute approximate surface area is 162 Å². The van der Waals surface area contributed by atoms with Crippen LogP contribution in [0.5, 0.6) is 5.75 Å². The summed E-state index contributed by atoms with van der Waals surface area (Å²) in [6.07, 6.45) is 1.81. The molecule has 138 valence electrons. The Morgan fingerprint density at radius 3 is 2.65 bits per heavy atom. The first-order valence-electron chi connectivity index (χ1n) is 8.58. The van der Waals surface area contributed by atoms with Gasteiger partial charge in [0.25, 0.3) is 0 Å². The molecule has 0 radical (unpaired) electrons. The molecule has 0 unspecified atom stereocenters. The summed E-state index contributed by atoms with van der Waals surface area (Å²) in [6.45, 7) is 5.74. The number of carbonyl (C=O) groups is 1. The first-order valence-corrected chi connectivity index (χ1v) is 9.38. The van der Waals surface area contributed by atoms with Gasteiger partial charge in [-0.25, -0.2) is 4.98 Å². The molecule has 6 nitrogen and oxygen atoms in total. The number of aryl methyl sites for hydroxylation is 1. The summed E-state index contributed by atoms with van der Waals surface area (Å²) in [5.74, 6) is 1.63. The molecule has 0 saturated carbocycles. The minimum absolute atomic E-state index is 0.0240. The predicted octanol–water partition coefficient (Wildman–Crippen LogP) is 2.92. The molecule has 0 spiro atoms. The molecule has 3 rings (SSSR count). The van der Waals surface area contributed by atoms with Crippen LogP contribution in [0.2, 0.25) is 0 Å². The topological polar surface area (TPSA) is 57.7 Å². The molecule has 0 atom stereocenters. The quantitative estimate of drug-likeness (QED) is 0.808. The van der Waals surface area contributed by atoms with E-state index in [4.69, 9.17) is 4.74 Å².